The molecule has 2 aromatic heterocycles. The predicted octanol–water partition coefficient (Wildman–Crippen LogP) is 4.37. The maximum Gasteiger partial charge on any atom is 0.247 e. The smallest absolute Gasteiger partial charge is 0.247 e. The Kier molecular flexibility index (Phi) is 4.60. The lowest BCUT2D eigenvalue weighted by molar-refractivity contribution is -0.118. The summed E-state index contributed by atoms with van der Waals surface area (Å²) in [7, 11) is 1.61. The average molecular weight is 378 g/mol. The molecule has 0 fully saturated rings. The van der Waals surface area contributed by atoms with Crippen LogP contribution in [0.2, 0.25) is 0 Å². The number of hydrogen-bond donors (Lipinski definition) is 1. The van der Waals surface area contributed by atoms with E-state index in [1.54, 1.807) is 12.6 Å². The minimum atomic E-state index is -0.462. The van der Waals surface area contributed by atoms with Crippen molar-refractivity contribution in [1.82, 2.24) is 14.5 Å². The molecule has 1 amide bonds. The lowest BCUT2D eigenvalue weighted by atomic mass is 10.2. The Morgan fingerprint density at radius 2 is 1.96 bits per heavy atom. The first-order chi connectivity index (χ1) is 13.2. The highest BCUT2D eigenvalue weighted by Crippen LogP contribution is 2.29. The van der Waals surface area contributed by atoms with Gasteiger partial charge in [-0.25, -0.2) is 9.97 Å². The number of nitrogens with zero attached hydrogens (tertiary/aromatic N) is 3. The second kappa shape index (κ2) is 7.20. The highest BCUT2D eigenvalue weighted by Gasteiger charge is 2.23. The summed E-state index contributed by atoms with van der Waals surface area (Å²) in [5.41, 5.74) is 4.98. The molecular weight excluding hydrogens is 360 g/mol. The van der Waals surface area contributed by atoms with Crippen LogP contribution in [0.5, 0.6) is 5.75 Å². The van der Waals surface area contributed by atoms with Crippen molar-refractivity contribution in [1.29, 1.82) is 0 Å². The van der Waals surface area contributed by atoms with Crippen molar-refractivity contribution in [2.45, 2.75) is 13.0 Å². The Bertz CT molecular complexity index is 1070. The van der Waals surface area contributed by atoms with Crippen molar-refractivity contribution in [2.75, 3.05) is 12.4 Å². The number of rotatable bonds is 5. The minimum absolute atomic E-state index is 0.125. The molecule has 136 valence electrons. The van der Waals surface area contributed by atoms with E-state index in [-0.39, 0.29) is 5.91 Å². The minimum Gasteiger partial charge on any atom is -0.497 e. The van der Waals surface area contributed by atoms with Crippen LogP contribution in [0, 0.1) is 0 Å². The van der Waals surface area contributed by atoms with E-state index >= 15 is 0 Å². The summed E-state index contributed by atoms with van der Waals surface area (Å²) < 4.78 is 7.09. The van der Waals surface area contributed by atoms with Gasteiger partial charge in [0, 0.05) is 11.1 Å². The number of benzene rings is 2. The first-order valence-corrected chi connectivity index (χ1v) is 9.42. The third kappa shape index (κ3) is 3.29. The molecule has 0 bridgehead atoms. The van der Waals surface area contributed by atoms with Gasteiger partial charge in [0.15, 0.2) is 5.82 Å². The molecule has 4 rings (SSSR count). The standard InChI is InChI=1S/C20H18N4O2S/c1-13(20(25)22-14-7-9-15(26-2)10-8-14)24-18-6-4-3-5-16(18)23-19(24)17-11-27-12-21-17/h3-13H,1-2H3,(H,22,25). The zero-order valence-electron chi connectivity index (χ0n) is 14.9. The molecule has 0 aliphatic carbocycles. The first-order valence-electron chi connectivity index (χ1n) is 8.48. The Morgan fingerprint density at radius 1 is 1.19 bits per heavy atom. The monoisotopic (exact) mass is 378 g/mol. The maximum absolute atomic E-state index is 12.9. The van der Waals surface area contributed by atoms with Crippen molar-refractivity contribution in [3.05, 3.63) is 59.4 Å². The van der Waals surface area contributed by atoms with Crippen LogP contribution >= 0.6 is 11.3 Å². The van der Waals surface area contributed by atoms with Crippen molar-refractivity contribution < 1.29 is 9.53 Å². The zero-order chi connectivity index (χ0) is 18.8. The van der Waals surface area contributed by atoms with Crippen molar-refractivity contribution in [3.8, 4) is 17.3 Å². The number of nitrogens with one attached hydrogen (secondary N) is 1. The Labute approximate surface area is 160 Å². The number of carbonyl (C=O) groups excluding carboxylic acids is 1. The molecule has 2 aromatic carbocycles. The van der Waals surface area contributed by atoms with Crippen LogP contribution < -0.4 is 10.1 Å². The topological polar surface area (TPSA) is 69.0 Å². The van der Waals surface area contributed by atoms with Crippen LogP contribution in [-0.2, 0) is 4.79 Å². The summed E-state index contributed by atoms with van der Waals surface area (Å²) in [4.78, 5) is 22.0. The number of anilines is 1. The molecule has 1 unspecified atom stereocenters. The van der Waals surface area contributed by atoms with Crippen LogP contribution in [0.3, 0.4) is 0 Å². The Balaban J connectivity index is 1.69. The number of thiazole rings is 1. The molecule has 0 saturated carbocycles. The van der Waals surface area contributed by atoms with Crippen molar-refractivity contribution >= 4 is 34.0 Å². The third-order valence-corrected chi connectivity index (χ3v) is 4.97. The van der Waals surface area contributed by atoms with Gasteiger partial charge < -0.3 is 14.6 Å². The molecule has 1 N–H and O–H groups in total. The molecule has 27 heavy (non-hydrogen) atoms. The number of fused-ring (bicyclic) bond motifs is 1. The van der Waals surface area contributed by atoms with Crippen LogP contribution in [0.15, 0.2) is 59.4 Å². The molecule has 4 aromatic rings. The molecule has 0 saturated heterocycles. The van der Waals surface area contributed by atoms with E-state index in [0.29, 0.717) is 11.5 Å². The molecule has 0 spiro atoms. The number of carbonyl (C=O) groups is 1. The first kappa shape index (κ1) is 17.2. The number of ether oxygens (including phenoxy) is 1. The number of amides is 1. The third-order valence-electron chi connectivity index (χ3n) is 4.38. The van der Waals surface area contributed by atoms with Gasteiger partial charge in [0.1, 0.15) is 17.5 Å². The number of methoxy groups -OCH3 is 1. The number of imidazole rings is 1. The van der Waals surface area contributed by atoms with E-state index < -0.39 is 6.04 Å². The van der Waals surface area contributed by atoms with Crippen LogP contribution in [0.4, 0.5) is 5.69 Å². The van der Waals surface area contributed by atoms with Gasteiger partial charge in [-0.2, -0.15) is 0 Å². The fourth-order valence-corrected chi connectivity index (χ4v) is 3.51. The molecule has 0 radical (unpaired) electrons. The summed E-state index contributed by atoms with van der Waals surface area (Å²) in [6.45, 7) is 1.86. The van der Waals surface area contributed by atoms with Gasteiger partial charge in [-0.3, -0.25) is 4.79 Å². The number of hydrogen-bond acceptors (Lipinski definition) is 5. The highest BCUT2D eigenvalue weighted by atomic mass is 32.1. The van der Waals surface area contributed by atoms with E-state index in [2.05, 4.69) is 10.3 Å². The molecular formula is C20H18N4O2S. The number of aromatic nitrogens is 3. The molecule has 0 aliphatic heterocycles. The Hall–Kier alpha value is -3.19. The Morgan fingerprint density at radius 3 is 2.67 bits per heavy atom. The molecule has 2 heterocycles. The van der Waals surface area contributed by atoms with Gasteiger partial charge in [-0.15, -0.1) is 11.3 Å². The molecule has 7 heteroatoms. The number of para-hydroxylation sites is 2. The van der Waals surface area contributed by atoms with E-state index in [0.717, 1.165) is 22.5 Å². The lowest BCUT2D eigenvalue weighted by Gasteiger charge is -2.17. The second-order valence-electron chi connectivity index (χ2n) is 6.06. The SMILES string of the molecule is COc1ccc(NC(=O)C(C)n2c(-c3cscn3)nc3ccccc32)cc1. The van der Waals surface area contributed by atoms with Crippen molar-refractivity contribution in [3.63, 3.8) is 0 Å². The second-order valence-corrected chi connectivity index (χ2v) is 6.78. The van der Waals surface area contributed by atoms with Crippen LogP contribution in [0.1, 0.15) is 13.0 Å². The van der Waals surface area contributed by atoms with Crippen LogP contribution in [0.25, 0.3) is 22.6 Å². The van der Waals surface area contributed by atoms with Gasteiger partial charge in [-0.1, -0.05) is 12.1 Å². The van der Waals surface area contributed by atoms with Gasteiger partial charge >= 0.3 is 0 Å². The van der Waals surface area contributed by atoms with Gasteiger partial charge in [-0.05, 0) is 43.3 Å². The normalized spacial score (nSPS) is 12.1. The quantitative estimate of drug-likeness (QED) is 0.560. The van der Waals surface area contributed by atoms with E-state index in [4.69, 9.17) is 9.72 Å². The summed E-state index contributed by atoms with van der Waals surface area (Å²) in [5.74, 6) is 1.31. The fourth-order valence-electron chi connectivity index (χ4n) is 2.98. The average Bonchev–Trinajstić information content (AvgIpc) is 3.35. The summed E-state index contributed by atoms with van der Waals surface area (Å²) in [6.07, 6.45) is 0. The van der Waals surface area contributed by atoms with Gasteiger partial charge in [0.05, 0.1) is 23.7 Å². The molecule has 6 nitrogen and oxygen atoms in total. The summed E-state index contributed by atoms with van der Waals surface area (Å²) in [6, 6.07) is 14.6. The van der Waals surface area contributed by atoms with E-state index in [1.807, 2.05) is 65.4 Å². The predicted molar refractivity (Wildman–Crippen MR) is 107 cm³/mol. The largest absolute Gasteiger partial charge is 0.497 e. The van der Waals surface area contributed by atoms with Gasteiger partial charge in [0.2, 0.25) is 5.91 Å². The van der Waals surface area contributed by atoms with Gasteiger partial charge in [0.25, 0.3) is 0 Å². The summed E-state index contributed by atoms with van der Waals surface area (Å²) >= 11 is 1.50. The lowest BCUT2D eigenvalue weighted by Crippen LogP contribution is -2.24. The summed E-state index contributed by atoms with van der Waals surface area (Å²) in [5, 5.41) is 4.89. The molecule has 1 atom stereocenters. The molecule has 0 aliphatic rings. The maximum atomic E-state index is 12.9. The fraction of sp³-hybridized carbons (Fsp3) is 0.150. The van der Waals surface area contributed by atoms with Crippen molar-refractivity contribution in [2.24, 2.45) is 0 Å². The van der Waals surface area contributed by atoms with E-state index in [9.17, 15) is 4.79 Å². The highest BCUT2D eigenvalue weighted by molar-refractivity contribution is 7.07. The van der Waals surface area contributed by atoms with E-state index in [1.165, 1.54) is 11.3 Å². The zero-order valence-corrected chi connectivity index (χ0v) is 15.7. The van der Waals surface area contributed by atoms with Crippen LogP contribution in [-0.4, -0.2) is 27.6 Å².